The van der Waals surface area contributed by atoms with Crippen LogP contribution in [0.1, 0.15) is 36.8 Å². The Kier molecular flexibility index (Phi) is 6.23. The molecule has 138 valence electrons. The fourth-order valence-electron chi connectivity index (χ4n) is 3.52. The van der Waals surface area contributed by atoms with Crippen LogP contribution in [0.3, 0.4) is 0 Å². The molecule has 2 heterocycles. The van der Waals surface area contributed by atoms with Crippen LogP contribution in [0.25, 0.3) is 0 Å². The third-order valence-corrected chi connectivity index (χ3v) is 5.05. The topological polar surface area (TPSA) is 56.7 Å². The molecule has 1 aromatic heterocycles. The number of aromatic nitrogens is 1. The van der Waals surface area contributed by atoms with Crippen LogP contribution < -0.4 is 0 Å². The lowest BCUT2D eigenvalue weighted by Crippen LogP contribution is -2.46. The number of phenols is 1. The summed E-state index contributed by atoms with van der Waals surface area (Å²) in [6.45, 7) is 2.07. The maximum Gasteiger partial charge on any atom is 0.240 e. The second-order valence-electron chi connectivity index (χ2n) is 7.06. The monoisotopic (exact) mass is 353 g/mol. The van der Waals surface area contributed by atoms with Crippen molar-refractivity contribution in [2.45, 2.75) is 44.8 Å². The van der Waals surface area contributed by atoms with Gasteiger partial charge in [-0.25, -0.2) is 0 Å². The zero-order chi connectivity index (χ0) is 18.4. The van der Waals surface area contributed by atoms with Gasteiger partial charge in [0.1, 0.15) is 5.75 Å². The van der Waals surface area contributed by atoms with Crippen LogP contribution in [-0.4, -0.2) is 45.4 Å². The van der Waals surface area contributed by atoms with Crippen molar-refractivity contribution in [3.05, 3.63) is 59.9 Å². The molecule has 1 aliphatic heterocycles. The molecule has 1 aliphatic rings. The molecule has 1 aromatic carbocycles. The molecule has 5 nitrogen and oxygen atoms in total. The van der Waals surface area contributed by atoms with Crippen molar-refractivity contribution in [2.75, 3.05) is 13.6 Å². The van der Waals surface area contributed by atoms with E-state index in [1.807, 2.05) is 29.2 Å². The number of pyridine rings is 1. The lowest BCUT2D eigenvalue weighted by molar-refractivity contribution is -0.138. The van der Waals surface area contributed by atoms with E-state index in [1.54, 1.807) is 24.5 Å². The number of carbonyl (C=O) groups is 1. The first-order valence-electron chi connectivity index (χ1n) is 9.29. The molecule has 1 amide bonds. The van der Waals surface area contributed by atoms with E-state index in [2.05, 4.69) is 16.9 Å². The van der Waals surface area contributed by atoms with Gasteiger partial charge in [-0.15, -0.1) is 0 Å². The second-order valence-corrected chi connectivity index (χ2v) is 7.06. The van der Waals surface area contributed by atoms with Gasteiger partial charge in [0.25, 0.3) is 0 Å². The summed E-state index contributed by atoms with van der Waals surface area (Å²) in [5, 5.41) is 9.51. The minimum absolute atomic E-state index is 0.0588. The number of hydrogen-bond acceptors (Lipinski definition) is 4. The van der Waals surface area contributed by atoms with E-state index in [1.165, 1.54) is 6.42 Å². The van der Waals surface area contributed by atoms with Crippen molar-refractivity contribution in [3.63, 3.8) is 0 Å². The van der Waals surface area contributed by atoms with Gasteiger partial charge in [0.15, 0.2) is 0 Å². The Morgan fingerprint density at radius 1 is 1.08 bits per heavy atom. The molecule has 2 aromatic rings. The van der Waals surface area contributed by atoms with Gasteiger partial charge < -0.3 is 10.0 Å². The van der Waals surface area contributed by atoms with Gasteiger partial charge in [0, 0.05) is 25.5 Å². The summed E-state index contributed by atoms with van der Waals surface area (Å²) in [5.41, 5.74) is 2.09. The quantitative estimate of drug-likeness (QED) is 0.897. The van der Waals surface area contributed by atoms with Gasteiger partial charge in [-0.1, -0.05) is 25.0 Å². The summed E-state index contributed by atoms with van der Waals surface area (Å²) >= 11 is 0. The van der Waals surface area contributed by atoms with Gasteiger partial charge in [-0.2, -0.15) is 0 Å². The van der Waals surface area contributed by atoms with E-state index < -0.39 is 0 Å². The summed E-state index contributed by atoms with van der Waals surface area (Å²) in [7, 11) is 2.05. The molecule has 26 heavy (non-hydrogen) atoms. The molecule has 1 fully saturated rings. The molecular weight excluding hydrogens is 326 g/mol. The Morgan fingerprint density at radius 2 is 1.73 bits per heavy atom. The van der Waals surface area contributed by atoms with Crippen molar-refractivity contribution in [2.24, 2.45) is 0 Å². The maximum absolute atomic E-state index is 13.4. The number of likely N-dealkylation sites (N-methyl/N-ethyl adjacent to an activating group) is 1. The first-order chi connectivity index (χ1) is 12.6. The second kappa shape index (κ2) is 8.81. The van der Waals surface area contributed by atoms with Crippen LogP contribution in [0, 0.1) is 0 Å². The van der Waals surface area contributed by atoms with Gasteiger partial charge in [-0.3, -0.25) is 14.7 Å². The Hall–Kier alpha value is -2.40. The number of amides is 1. The number of hydrogen-bond donors (Lipinski definition) is 1. The Balaban J connectivity index is 1.80. The molecule has 1 saturated heterocycles. The minimum Gasteiger partial charge on any atom is -0.508 e. The first-order valence-corrected chi connectivity index (χ1v) is 9.29. The van der Waals surface area contributed by atoms with E-state index in [0.717, 1.165) is 36.9 Å². The third-order valence-electron chi connectivity index (χ3n) is 5.05. The molecule has 0 radical (unpaired) electrons. The largest absolute Gasteiger partial charge is 0.508 e. The predicted molar refractivity (Wildman–Crippen MR) is 101 cm³/mol. The number of phenolic OH excluding ortho intramolecular Hbond substituents is 1. The zero-order valence-corrected chi connectivity index (χ0v) is 15.3. The summed E-state index contributed by atoms with van der Waals surface area (Å²) in [6, 6.07) is 10.9. The summed E-state index contributed by atoms with van der Waals surface area (Å²) in [5.74, 6) is 0.420. The van der Waals surface area contributed by atoms with Gasteiger partial charge in [-0.05, 0) is 61.8 Å². The van der Waals surface area contributed by atoms with Crippen LogP contribution in [0.2, 0.25) is 0 Å². The number of rotatable bonds is 5. The summed E-state index contributed by atoms with van der Waals surface area (Å²) < 4.78 is 0. The molecule has 0 spiro atoms. The molecule has 0 saturated carbocycles. The molecule has 5 heteroatoms. The summed E-state index contributed by atoms with van der Waals surface area (Å²) in [6.07, 6.45) is 7.88. The smallest absolute Gasteiger partial charge is 0.240 e. The van der Waals surface area contributed by atoms with Gasteiger partial charge in [0.05, 0.1) is 6.04 Å². The number of carbonyl (C=O) groups excluding carboxylic acids is 1. The van der Waals surface area contributed by atoms with Crippen molar-refractivity contribution < 1.29 is 9.90 Å². The number of aromatic hydroxyl groups is 1. The van der Waals surface area contributed by atoms with E-state index in [9.17, 15) is 9.90 Å². The highest BCUT2D eigenvalue weighted by Crippen LogP contribution is 2.20. The SMILES string of the molecule is CN1CCCCC[C@H]1C(=O)N(Cc1ccncc1)Cc1ccc(O)cc1. The lowest BCUT2D eigenvalue weighted by Gasteiger charge is -2.31. The predicted octanol–water partition coefficient (Wildman–Crippen LogP) is 3.19. The highest BCUT2D eigenvalue weighted by Gasteiger charge is 2.29. The summed E-state index contributed by atoms with van der Waals surface area (Å²) in [4.78, 5) is 21.5. The lowest BCUT2D eigenvalue weighted by atomic mass is 10.1. The van der Waals surface area contributed by atoms with Crippen LogP contribution in [0.4, 0.5) is 0 Å². The van der Waals surface area contributed by atoms with Crippen LogP contribution >= 0.6 is 0 Å². The molecule has 0 bridgehead atoms. The number of benzene rings is 1. The van der Waals surface area contributed by atoms with Crippen LogP contribution in [0.5, 0.6) is 5.75 Å². The van der Waals surface area contributed by atoms with Crippen molar-refractivity contribution >= 4 is 5.91 Å². The fraction of sp³-hybridized carbons (Fsp3) is 0.429. The molecular formula is C21H27N3O2. The third kappa shape index (κ3) is 4.82. The van der Waals surface area contributed by atoms with Crippen LogP contribution in [0.15, 0.2) is 48.8 Å². The molecule has 1 N–H and O–H groups in total. The number of likely N-dealkylation sites (tertiary alicyclic amines) is 1. The van der Waals surface area contributed by atoms with Gasteiger partial charge >= 0.3 is 0 Å². The van der Waals surface area contributed by atoms with Crippen LogP contribution in [-0.2, 0) is 17.9 Å². The highest BCUT2D eigenvalue weighted by atomic mass is 16.3. The van der Waals surface area contributed by atoms with Crippen molar-refractivity contribution in [1.29, 1.82) is 0 Å². The minimum atomic E-state index is -0.0588. The Bertz CT molecular complexity index is 703. The molecule has 1 atom stereocenters. The first kappa shape index (κ1) is 18.4. The Labute approximate surface area is 155 Å². The van der Waals surface area contributed by atoms with E-state index in [0.29, 0.717) is 13.1 Å². The fourth-order valence-corrected chi connectivity index (χ4v) is 3.52. The highest BCUT2D eigenvalue weighted by molar-refractivity contribution is 5.82. The van der Waals surface area contributed by atoms with Crippen molar-refractivity contribution in [3.8, 4) is 5.75 Å². The average molecular weight is 353 g/mol. The normalized spacial score (nSPS) is 18.3. The maximum atomic E-state index is 13.4. The molecule has 3 rings (SSSR count). The van der Waals surface area contributed by atoms with Gasteiger partial charge in [0.2, 0.25) is 5.91 Å². The number of nitrogens with zero attached hydrogens (tertiary/aromatic N) is 3. The molecule has 0 aliphatic carbocycles. The van der Waals surface area contributed by atoms with E-state index in [4.69, 9.17) is 0 Å². The Morgan fingerprint density at radius 3 is 2.42 bits per heavy atom. The van der Waals surface area contributed by atoms with E-state index >= 15 is 0 Å². The van der Waals surface area contributed by atoms with Crippen molar-refractivity contribution in [1.82, 2.24) is 14.8 Å². The van der Waals surface area contributed by atoms with E-state index in [-0.39, 0.29) is 17.7 Å². The zero-order valence-electron chi connectivity index (χ0n) is 15.3. The average Bonchev–Trinajstić information content (AvgIpc) is 2.87. The molecule has 0 unspecified atom stereocenters. The standard InChI is InChI=1S/C21H27N3O2/c1-23-14-4-2-3-5-20(23)21(26)24(16-18-10-12-22-13-11-18)15-17-6-8-19(25)9-7-17/h6-13,20,25H,2-5,14-16H2,1H3/t20-/m0/s1.